The summed E-state index contributed by atoms with van der Waals surface area (Å²) in [6.07, 6.45) is 0. The van der Waals surface area contributed by atoms with Crippen molar-refractivity contribution in [2.45, 2.75) is 0 Å². The van der Waals surface area contributed by atoms with Crippen LogP contribution < -0.4 is 10.9 Å². The van der Waals surface area contributed by atoms with Crippen LogP contribution in [0.1, 0.15) is 0 Å². The predicted molar refractivity (Wildman–Crippen MR) is 51.9 cm³/mol. The van der Waals surface area contributed by atoms with Gasteiger partial charge in [0.2, 0.25) is 0 Å². The van der Waals surface area contributed by atoms with Crippen molar-refractivity contribution in [3.05, 3.63) is 22.5 Å². The highest BCUT2D eigenvalue weighted by molar-refractivity contribution is 5.31. The van der Waals surface area contributed by atoms with E-state index in [1.165, 1.54) is 6.07 Å². The lowest BCUT2D eigenvalue weighted by molar-refractivity contribution is 0.425. The topological polar surface area (TPSA) is 61.0 Å². The van der Waals surface area contributed by atoms with E-state index < -0.39 is 0 Å². The lowest BCUT2D eigenvalue weighted by Crippen LogP contribution is -2.21. The zero-order valence-electron chi connectivity index (χ0n) is 7.87. The Morgan fingerprint density at radius 2 is 2.31 bits per heavy atom. The Morgan fingerprint density at radius 3 is 2.85 bits per heavy atom. The molecule has 1 aromatic heterocycles. The largest absolute Gasteiger partial charge is 0.367 e. The molecule has 13 heavy (non-hydrogen) atoms. The molecule has 0 unspecified atom stereocenters. The summed E-state index contributed by atoms with van der Waals surface area (Å²) in [5, 5.41) is 9.24. The molecular weight excluding hydrogens is 168 g/mol. The predicted octanol–water partition coefficient (Wildman–Crippen LogP) is -0.257. The van der Waals surface area contributed by atoms with Crippen LogP contribution in [0.3, 0.4) is 0 Å². The van der Waals surface area contributed by atoms with Crippen LogP contribution in [0.15, 0.2) is 16.9 Å². The molecule has 0 aromatic carbocycles. The number of aromatic amines is 1. The maximum absolute atomic E-state index is 10.6. The van der Waals surface area contributed by atoms with E-state index in [1.807, 2.05) is 14.1 Å². The van der Waals surface area contributed by atoms with Crippen LogP contribution >= 0.6 is 0 Å². The van der Waals surface area contributed by atoms with Crippen LogP contribution in [0.4, 0.5) is 5.82 Å². The molecule has 5 heteroatoms. The molecule has 72 valence electrons. The minimum Gasteiger partial charge on any atom is -0.367 e. The average Bonchev–Trinajstić information content (AvgIpc) is 2.08. The van der Waals surface area contributed by atoms with Gasteiger partial charge in [0.1, 0.15) is 5.82 Å². The number of hydrogen-bond donors (Lipinski definition) is 2. The van der Waals surface area contributed by atoms with Crippen LogP contribution in [0.2, 0.25) is 0 Å². The van der Waals surface area contributed by atoms with Crippen molar-refractivity contribution >= 4 is 5.82 Å². The first-order chi connectivity index (χ1) is 6.18. The number of anilines is 1. The fourth-order valence-electron chi connectivity index (χ4n) is 0.851. The van der Waals surface area contributed by atoms with E-state index in [0.29, 0.717) is 5.82 Å². The molecule has 0 amide bonds. The zero-order valence-corrected chi connectivity index (χ0v) is 7.87. The number of aromatic nitrogens is 2. The Balaban J connectivity index is 2.37. The molecule has 0 saturated heterocycles. The fourth-order valence-corrected chi connectivity index (χ4v) is 0.851. The van der Waals surface area contributed by atoms with Crippen molar-refractivity contribution in [3.8, 4) is 0 Å². The molecular formula is C8H14N4O. The van der Waals surface area contributed by atoms with Crippen LogP contribution in [0.5, 0.6) is 0 Å². The van der Waals surface area contributed by atoms with Crippen molar-refractivity contribution in [3.63, 3.8) is 0 Å². The number of likely N-dealkylation sites (N-methyl/N-ethyl adjacent to an activating group) is 1. The smallest absolute Gasteiger partial charge is 0.264 e. The van der Waals surface area contributed by atoms with Gasteiger partial charge in [0.05, 0.1) is 0 Å². The molecule has 2 N–H and O–H groups in total. The minimum atomic E-state index is -0.182. The van der Waals surface area contributed by atoms with Crippen LogP contribution in [0.25, 0.3) is 0 Å². The van der Waals surface area contributed by atoms with Crippen molar-refractivity contribution < 1.29 is 0 Å². The number of hydrogen-bond acceptors (Lipinski definition) is 4. The summed E-state index contributed by atoms with van der Waals surface area (Å²) < 4.78 is 0. The first-order valence-corrected chi connectivity index (χ1v) is 4.13. The van der Waals surface area contributed by atoms with E-state index in [4.69, 9.17) is 0 Å². The monoisotopic (exact) mass is 182 g/mol. The highest BCUT2D eigenvalue weighted by Crippen LogP contribution is 1.93. The summed E-state index contributed by atoms with van der Waals surface area (Å²) in [5.41, 5.74) is -0.182. The molecule has 1 rings (SSSR count). The van der Waals surface area contributed by atoms with E-state index in [9.17, 15) is 4.79 Å². The molecule has 0 spiro atoms. The standard InChI is InChI=1S/C8H14N4O/c1-12(2)6-5-9-7-3-4-8(13)11-10-7/h3-4H,5-6H2,1-2H3,(H,9,10)(H,11,13). The van der Waals surface area contributed by atoms with E-state index in [2.05, 4.69) is 20.4 Å². The normalized spacial score (nSPS) is 10.4. The molecule has 0 atom stereocenters. The second-order valence-corrected chi connectivity index (χ2v) is 3.04. The summed E-state index contributed by atoms with van der Waals surface area (Å²) in [6.45, 7) is 1.74. The summed E-state index contributed by atoms with van der Waals surface area (Å²) in [5.74, 6) is 0.696. The van der Waals surface area contributed by atoms with Gasteiger partial charge < -0.3 is 10.2 Å². The SMILES string of the molecule is CN(C)CCNc1ccc(=O)[nH]n1. The number of rotatable bonds is 4. The number of nitrogens with one attached hydrogen (secondary N) is 2. The molecule has 5 nitrogen and oxygen atoms in total. The summed E-state index contributed by atoms with van der Waals surface area (Å²) >= 11 is 0. The maximum atomic E-state index is 10.6. The maximum Gasteiger partial charge on any atom is 0.264 e. The third-order valence-electron chi connectivity index (χ3n) is 1.54. The molecule has 0 bridgehead atoms. The second-order valence-electron chi connectivity index (χ2n) is 3.04. The second kappa shape index (κ2) is 4.61. The average molecular weight is 182 g/mol. The van der Waals surface area contributed by atoms with Gasteiger partial charge >= 0.3 is 0 Å². The molecule has 1 aromatic rings. The van der Waals surface area contributed by atoms with Gasteiger partial charge in [-0.1, -0.05) is 0 Å². The van der Waals surface area contributed by atoms with E-state index in [1.54, 1.807) is 6.07 Å². The highest BCUT2D eigenvalue weighted by Gasteiger charge is 1.93. The molecule has 0 aliphatic rings. The first-order valence-electron chi connectivity index (χ1n) is 4.13. The van der Waals surface area contributed by atoms with Gasteiger partial charge in [-0.3, -0.25) is 4.79 Å². The van der Waals surface area contributed by atoms with Crippen LogP contribution in [0, 0.1) is 0 Å². The van der Waals surface area contributed by atoms with E-state index in [-0.39, 0.29) is 5.56 Å². The summed E-state index contributed by atoms with van der Waals surface area (Å²) in [6, 6.07) is 3.11. The highest BCUT2D eigenvalue weighted by atomic mass is 16.1. The van der Waals surface area contributed by atoms with E-state index in [0.717, 1.165) is 13.1 Å². The molecule has 0 saturated carbocycles. The van der Waals surface area contributed by atoms with Gasteiger partial charge in [-0.25, -0.2) is 5.10 Å². The van der Waals surface area contributed by atoms with E-state index >= 15 is 0 Å². The quantitative estimate of drug-likeness (QED) is 0.673. The van der Waals surface area contributed by atoms with Crippen LogP contribution in [-0.4, -0.2) is 42.3 Å². The van der Waals surface area contributed by atoms with Crippen molar-refractivity contribution in [1.29, 1.82) is 0 Å². The van der Waals surface area contributed by atoms with Gasteiger partial charge in [0.15, 0.2) is 0 Å². The van der Waals surface area contributed by atoms with Gasteiger partial charge in [-0.2, -0.15) is 5.10 Å². The third-order valence-corrected chi connectivity index (χ3v) is 1.54. The zero-order chi connectivity index (χ0) is 9.68. The Bertz CT molecular complexity index is 287. The molecule has 0 aliphatic heterocycles. The lowest BCUT2D eigenvalue weighted by Gasteiger charge is -2.09. The van der Waals surface area contributed by atoms with Gasteiger partial charge in [-0.05, 0) is 20.2 Å². The Labute approximate surface area is 76.8 Å². The minimum absolute atomic E-state index is 0.182. The Morgan fingerprint density at radius 1 is 1.54 bits per heavy atom. The number of nitrogens with zero attached hydrogens (tertiary/aromatic N) is 2. The first kappa shape index (κ1) is 9.73. The van der Waals surface area contributed by atoms with Crippen LogP contribution in [-0.2, 0) is 0 Å². The van der Waals surface area contributed by atoms with Gasteiger partial charge in [0.25, 0.3) is 5.56 Å². The number of H-pyrrole nitrogens is 1. The van der Waals surface area contributed by atoms with Crippen molar-refractivity contribution in [1.82, 2.24) is 15.1 Å². The molecule has 0 fully saturated rings. The lowest BCUT2D eigenvalue weighted by atomic mass is 10.5. The third kappa shape index (κ3) is 3.71. The molecule has 1 heterocycles. The summed E-state index contributed by atoms with van der Waals surface area (Å²) in [7, 11) is 4.00. The van der Waals surface area contributed by atoms with Gasteiger partial charge in [-0.15, -0.1) is 0 Å². The van der Waals surface area contributed by atoms with Gasteiger partial charge in [0, 0.05) is 19.2 Å². The summed E-state index contributed by atoms with van der Waals surface area (Å²) in [4.78, 5) is 12.7. The van der Waals surface area contributed by atoms with Crippen molar-refractivity contribution in [2.24, 2.45) is 0 Å². The van der Waals surface area contributed by atoms with Crippen molar-refractivity contribution in [2.75, 3.05) is 32.5 Å². The molecule has 0 aliphatic carbocycles. The Kier molecular flexibility index (Phi) is 3.45. The molecule has 0 radical (unpaired) electrons. The fraction of sp³-hybridized carbons (Fsp3) is 0.500. The Hall–Kier alpha value is -1.36.